The van der Waals surface area contributed by atoms with Gasteiger partial charge in [-0.05, 0) is 40.0 Å². The average molecular weight is 547 g/mol. The Hall–Kier alpha value is -2.68. The summed E-state index contributed by atoms with van der Waals surface area (Å²) in [7, 11) is 1.61. The van der Waals surface area contributed by atoms with Crippen LogP contribution in [0.15, 0.2) is 38.6 Å². The van der Waals surface area contributed by atoms with E-state index in [1.165, 1.54) is 51.4 Å². The predicted octanol–water partition coefficient (Wildman–Crippen LogP) is 5.63. The number of methoxy groups -OCH3 is 1. The van der Waals surface area contributed by atoms with E-state index in [-0.39, 0.29) is 17.0 Å². The third kappa shape index (κ3) is 7.92. The Morgan fingerprint density at radius 3 is 2.20 bits per heavy atom. The number of aromatic nitrogens is 4. The molecule has 0 spiro atoms. The number of anilines is 1. The van der Waals surface area contributed by atoms with Crippen LogP contribution in [0.4, 0.5) is 5.95 Å². The molecule has 35 heavy (non-hydrogen) atoms. The molecule has 3 aromatic rings. The van der Waals surface area contributed by atoms with Gasteiger partial charge in [0.15, 0.2) is 10.3 Å². The molecule has 2 heterocycles. The molecule has 0 fully saturated rings. The van der Waals surface area contributed by atoms with Gasteiger partial charge in [-0.3, -0.25) is 14.6 Å². The number of nitrogens with one attached hydrogen (secondary N) is 2. The highest BCUT2D eigenvalue weighted by Gasteiger charge is 2.16. The van der Waals surface area contributed by atoms with Crippen LogP contribution in [-0.4, -0.2) is 33.2 Å². The standard InChI is InChI=1S/C26H36BrN5O3/c1-3-4-5-6-7-8-9-10-11-12-17-28-26-30-23(33)21-22(24(34)31-26)32(25(27)29-21)18-19-13-15-20(35-2)16-14-19/h13-16H,3-12,17-18H2,1-2H3,(H2,28,30,31,33,34). The largest absolute Gasteiger partial charge is 0.497 e. The molecule has 0 aliphatic heterocycles. The second kappa shape index (κ2) is 14.0. The zero-order chi connectivity index (χ0) is 25.0. The third-order valence-electron chi connectivity index (χ3n) is 6.11. The Balaban J connectivity index is 1.59. The fourth-order valence-corrected chi connectivity index (χ4v) is 4.59. The van der Waals surface area contributed by atoms with E-state index in [2.05, 4.69) is 43.1 Å². The van der Waals surface area contributed by atoms with Crippen molar-refractivity contribution >= 4 is 32.9 Å². The zero-order valence-electron chi connectivity index (χ0n) is 20.7. The molecule has 0 aliphatic carbocycles. The first kappa shape index (κ1) is 26.9. The number of halogens is 1. The molecule has 0 bridgehead atoms. The molecule has 0 saturated heterocycles. The van der Waals surface area contributed by atoms with Crippen LogP contribution in [-0.2, 0) is 6.54 Å². The summed E-state index contributed by atoms with van der Waals surface area (Å²) in [5.74, 6) is 0.928. The number of benzene rings is 1. The van der Waals surface area contributed by atoms with Gasteiger partial charge in [0.1, 0.15) is 11.3 Å². The van der Waals surface area contributed by atoms with E-state index < -0.39 is 11.1 Å². The lowest BCUT2D eigenvalue weighted by Gasteiger charge is -2.06. The minimum atomic E-state index is -0.543. The number of imidazole rings is 1. The van der Waals surface area contributed by atoms with Gasteiger partial charge in [0.2, 0.25) is 5.95 Å². The highest BCUT2D eigenvalue weighted by atomic mass is 79.9. The van der Waals surface area contributed by atoms with Crippen molar-refractivity contribution < 1.29 is 4.74 Å². The lowest BCUT2D eigenvalue weighted by atomic mass is 10.1. The van der Waals surface area contributed by atoms with Gasteiger partial charge in [0.05, 0.1) is 13.7 Å². The van der Waals surface area contributed by atoms with Gasteiger partial charge in [-0.1, -0.05) is 76.8 Å². The molecule has 0 amide bonds. The highest BCUT2D eigenvalue weighted by Crippen LogP contribution is 2.19. The van der Waals surface area contributed by atoms with Gasteiger partial charge in [0.25, 0.3) is 5.56 Å². The summed E-state index contributed by atoms with van der Waals surface area (Å²) in [6, 6.07) is 7.51. The topological polar surface area (TPSA) is 102 Å². The molecular weight excluding hydrogens is 510 g/mol. The maximum atomic E-state index is 13.0. The van der Waals surface area contributed by atoms with E-state index in [9.17, 15) is 9.59 Å². The molecule has 190 valence electrons. The summed E-state index contributed by atoms with van der Waals surface area (Å²) < 4.78 is 7.27. The van der Waals surface area contributed by atoms with Gasteiger partial charge in [0, 0.05) is 6.54 Å². The average Bonchev–Trinajstić information content (AvgIpc) is 3.13. The summed E-state index contributed by atoms with van der Waals surface area (Å²) >= 11 is 3.38. The molecule has 1 aromatic carbocycles. The molecular formula is C26H36BrN5O3. The summed E-state index contributed by atoms with van der Waals surface area (Å²) in [6.07, 6.45) is 12.5. The third-order valence-corrected chi connectivity index (χ3v) is 6.71. The monoisotopic (exact) mass is 545 g/mol. The maximum Gasteiger partial charge on any atom is 0.301 e. The van der Waals surface area contributed by atoms with Crippen molar-refractivity contribution in [2.45, 2.75) is 77.7 Å². The molecule has 9 heteroatoms. The van der Waals surface area contributed by atoms with E-state index in [1.807, 2.05) is 24.3 Å². The quantitative estimate of drug-likeness (QED) is 0.240. The molecule has 0 saturated carbocycles. The van der Waals surface area contributed by atoms with Gasteiger partial charge in [-0.15, -0.1) is 0 Å². The summed E-state index contributed by atoms with van der Waals surface area (Å²) in [6.45, 7) is 3.26. The van der Waals surface area contributed by atoms with E-state index >= 15 is 0 Å². The number of hydrogen-bond acceptors (Lipinski definition) is 6. The van der Waals surface area contributed by atoms with Crippen LogP contribution in [0.25, 0.3) is 11.0 Å². The Morgan fingerprint density at radius 1 is 0.943 bits per heavy atom. The number of ether oxygens (including phenoxy) is 1. The van der Waals surface area contributed by atoms with Gasteiger partial charge < -0.3 is 14.6 Å². The molecule has 0 radical (unpaired) electrons. The second-order valence-electron chi connectivity index (χ2n) is 8.84. The van der Waals surface area contributed by atoms with E-state index in [1.54, 1.807) is 11.7 Å². The predicted molar refractivity (Wildman–Crippen MR) is 145 cm³/mol. The smallest absolute Gasteiger partial charge is 0.301 e. The Kier molecular flexibility index (Phi) is 10.8. The van der Waals surface area contributed by atoms with Gasteiger partial charge >= 0.3 is 5.56 Å². The van der Waals surface area contributed by atoms with Crippen LogP contribution < -0.4 is 21.2 Å². The molecule has 8 nitrogen and oxygen atoms in total. The van der Waals surface area contributed by atoms with Crippen molar-refractivity contribution in [1.82, 2.24) is 19.5 Å². The van der Waals surface area contributed by atoms with E-state index in [4.69, 9.17) is 4.74 Å². The summed E-state index contributed by atoms with van der Waals surface area (Å²) in [4.78, 5) is 36.8. The Morgan fingerprint density at radius 2 is 1.57 bits per heavy atom. The summed E-state index contributed by atoms with van der Waals surface area (Å²) in [5.41, 5.74) is 0.220. The Labute approximate surface area is 214 Å². The number of H-pyrrole nitrogens is 1. The van der Waals surface area contributed by atoms with Gasteiger partial charge in [-0.25, -0.2) is 4.98 Å². The van der Waals surface area contributed by atoms with Crippen LogP contribution in [0.1, 0.15) is 76.7 Å². The lowest BCUT2D eigenvalue weighted by Crippen LogP contribution is -2.13. The van der Waals surface area contributed by atoms with Crippen LogP contribution in [0.3, 0.4) is 0 Å². The molecule has 0 aliphatic rings. The van der Waals surface area contributed by atoms with Crippen molar-refractivity contribution in [3.63, 3.8) is 0 Å². The van der Waals surface area contributed by atoms with Crippen molar-refractivity contribution in [1.29, 1.82) is 0 Å². The normalized spacial score (nSPS) is 11.2. The number of aromatic amines is 1. The van der Waals surface area contributed by atoms with Crippen molar-refractivity contribution in [3.05, 3.63) is 55.3 Å². The minimum absolute atomic E-state index is 0.0404. The van der Waals surface area contributed by atoms with Crippen LogP contribution in [0, 0.1) is 0 Å². The number of hydrogen-bond donors (Lipinski definition) is 2. The molecule has 2 aromatic heterocycles. The first-order valence-corrected chi connectivity index (χ1v) is 13.4. The lowest BCUT2D eigenvalue weighted by molar-refractivity contribution is 0.414. The van der Waals surface area contributed by atoms with Crippen molar-refractivity contribution in [2.75, 3.05) is 19.0 Å². The van der Waals surface area contributed by atoms with Crippen LogP contribution in [0.5, 0.6) is 5.75 Å². The van der Waals surface area contributed by atoms with E-state index in [0.717, 1.165) is 24.2 Å². The molecule has 3 rings (SSSR count). The second-order valence-corrected chi connectivity index (χ2v) is 9.55. The van der Waals surface area contributed by atoms with Gasteiger partial charge in [-0.2, -0.15) is 4.98 Å². The Bertz CT molecular complexity index is 1190. The first-order valence-electron chi connectivity index (χ1n) is 12.6. The van der Waals surface area contributed by atoms with E-state index in [0.29, 0.717) is 17.8 Å². The minimum Gasteiger partial charge on any atom is -0.497 e. The SMILES string of the molecule is CCCCCCCCCCCCNc1nc(=O)c2nc(Br)n(Cc3ccc(OC)cc3)c2c(=O)[nH]1. The van der Waals surface area contributed by atoms with Crippen LogP contribution in [0.2, 0.25) is 0 Å². The molecule has 0 atom stereocenters. The number of nitrogens with zero attached hydrogens (tertiary/aromatic N) is 3. The maximum absolute atomic E-state index is 13.0. The molecule has 2 N–H and O–H groups in total. The fraction of sp³-hybridized carbons (Fsp3) is 0.538. The van der Waals surface area contributed by atoms with Crippen molar-refractivity contribution in [2.24, 2.45) is 0 Å². The fourth-order valence-electron chi connectivity index (χ4n) is 4.11. The van der Waals surface area contributed by atoms with Crippen LogP contribution >= 0.6 is 15.9 Å². The number of rotatable bonds is 15. The highest BCUT2D eigenvalue weighted by molar-refractivity contribution is 9.10. The first-order chi connectivity index (χ1) is 17.0. The zero-order valence-corrected chi connectivity index (χ0v) is 22.3. The number of fused-ring (bicyclic) bond motifs is 1. The molecule has 0 unspecified atom stereocenters. The van der Waals surface area contributed by atoms with Crippen molar-refractivity contribution in [3.8, 4) is 5.75 Å². The summed E-state index contributed by atoms with van der Waals surface area (Å²) in [5, 5.41) is 3.10. The number of unbranched alkanes of at least 4 members (excludes halogenated alkanes) is 9.